The highest BCUT2D eigenvalue weighted by atomic mass is 35.5. The van der Waals surface area contributed by atoms with E-state index in [1.165, 1.54) is 23.8 Å². The van der Waals surface area contributed by atoms with Crippen molar-refractivity contribution in [1.82, 2.24) is 71.3 Å². The van der Waals surface area contributed by atoms with Crippen LogP contribution in [0.15, 0.2) is 189 Å². The summed E-state index contributed by atoms with van der Waals surface area (Å²) in [5.74, 6) is -1.70. The SMILES string of the molecule is Cl.O=C(C=Cc1cccc(Cn2cc(-c3ccc(CN4CCOCC4)cc3)nn2)c1)NO.O=C(C=Cc1cccc(Cn2cc(-c3ccccc3)nn2)c1)NO.O=C(C=Cc1cccc(Cn2cc(-c3cccnc3)nn2)c1)NO. The van der Waals surface area contributed by atoms with Crippen LogP contribution in [0.3, 0.4) is 0 Å². The number of nitrogens with one attached hydrogen (secondary N) is 3. The second-order valence-electron chi connectivity index (χ2n) is 17.8. The molecule has 0 saturated carbocycles. The molecule has 4 aromatic heterocycles. The number of hydrogen-bond acceptors (Lipinski definition) is 15. The summed E-state index contributed by atoms with van der Waals surface area (Å²) in [7, 11) is 0. The van der Waals surface area contributed by atoms with Crippen molar-refractivity contribution < 1.29 is 34.7 Å². The summed E-state index contributed by atoms with van der Waals surface area (Å²) in [5.41, 5.74) is 17.0. The molecular formula is C58H57ClN14O7. The van der Waals surface area contributed by atoms with Gasteiger partial charge in [0, 0.05) is 66.9 Å². The van der Waals surface area contributed by atoms with Crippen LogP contribution >= 0.6 is 12.4 Å². The lowest BCUT2D eigenvalue weighted by atomic mass is 10.1. The Morgan fingerprint density at radius 1 is 0.475 bits per heavy atom. The van der Waals surface area contributed by atoms with E-state index in [9.17, 15) is 14.4 Å². The molecule has 0 atom stereocenters. The monoisotopic (exact) mass is 1100 g/mol. The molecule has 9 aromatic rings. The number of pyridine rings is 1. The zero-order chi connectivity index (χ0) is 55.0. The molecule has 1 fully saturated rings. The van der Waals surface area contributed by atoms with E-state index in [2.05, 4.69) is 65.1 Å². The lowest BCUT2D eigenvalue weighted by Gasteiger charge is -2.26. The van der Waals surface area contributed by atoms with Gasteiger partial charge in [-0.25, -0.2) is 30.5 Å². The number of amides is 3. The van der Waals surface area contributed by atoms with Crippen molar-refractivity contribution in [3.05, 3.63) is 228 Å². The van der Waals surface area contributed by atoms with E-state index in [4.69, 9.17) is 20.4 Å². The summed E-state index contributed by atoms with van der Waals surface area (Å²) in [6.45, 7) is 6.19. The molecule has 22 heteroatoms. The van der Waals surface area contributed by atoms with Crippen molar-refractivity contribution in [3.8, 4) is 33.8 Å². The summed E-state index contributed by atoms with van der Waals surface area (Å²) in [4.78, 5) is 39.7. The number of hydrogen-bond donors (Lipinski definition) is 6. The van der Waals surface area contributed by atoms with Gasteiger partial charge in [-0.15, -0.1) is 27.7 Å². The van der Waals surface area contributed by atoms with Gasteiger partial charge in [0.2, 0.25) is 0 Å². The number of carbonyl (C=O) groups is 3. The average Bonchev–Trinajstić information content (AvgIpc) is 4.30. The number of aromatic nitrogens is 10. The first kappa shape index (κ1) is 58.1. The largest absolute Gasteiger partial charge is 0.379 e. The molecule has 5 aromatic carbocycles. The fourth-order valence-corrected chi connectivity index (χ4v) is 8.02. The smallest absolute Gasteiger partial charge is 0.267 e. The Hall–Kier alpha value is -9.61. The van der Waals surface area contributed by atoms with Gasteiger partial charge in [-0.2, -0.15) is 0 Å². The van der Waals surface area contributed by atoms with Crippen molar-refractivity contribution in [2.75, 3.05) is 26.3 Å². The van der Waals surface area contributed by atoms with Crippen LogP contribution < -0.4 is 16.4 Å². The predicted octanol–water partition coefficient (Wildman–Crippen LogP) is 7.19. The van der Waals surface area contributed by atoms with Crippen LogP contribution in [0.2, 0.25) is 0 Å². The van der Waals surface area contributed by atoms with Gasteiger partial charge >= 0.3 is 0 Å². The van der Waals surface area contributed by atoms with Crippen molar-refractivity contribution in [1.29, 1.82) is 0 Å². The Morgan fingerprint density at radius 2 is 0.887 bits per heavy atom. The third-order valence-corrected chi connectivity index (χ3v) is 11.9. The third-order valence-electron chi connectivity index (χ3n) is 11.9. The van der Waals surface area contributed by atoms with E-state index in [1.807, 2.05) is 134 Å². The van der Waals surface area contributed by atoms with Crippen molar-refractivity contribution in [2.24, 2.45) is 0 Å². The molecule has 0 aliphatic carbocycles. The molecule has 408 valence electrons. The summed E-state index contributed by atoms with van der Waals surface area (Å²) in [6, 6.07) is 45.2. The Balaban J connectivity index is 0.000000174. The molecule has 0 bridgehead atoms. The van der Waals surface area contributed by atoms with Gasteiger partial charge < -0.3 is 4.74 Å². The number of hydroxylamine groups is 3. The number of halogens is 1. The van der Waals surface area contributed by atoms with Crippen molar-refractivity contribution in [2.45, 2.75) is 26.2 Å². The minimum atomic E-state index is -0.571. The van der Waals surface area contributed by atoms with E-state index in [0.29, 0.717) is 19.6 Å². The molecular weight excluding hydrogens is 1040 g/mol. The zero-order valence-electron chi connectivity index (χ0n) is 43.1. The maximum atomic E-state index is 11.1. The van der Waals surface area contributed by atoms with Gasteiger partial charge in [-0.05, 0) is 87.5 Å². The minimum Gasteiger partial charge on any atom is -0.379 e. The second kappa shape index (κ2) is 30.4. The van der Waals surface area contributed by atoms with Crippen LogP contribution in [-0.4, -0.2) is 115 Å². The van der Waals surface area contributed by atoms with Gasteiger partial charge in [-0.1, -0.05) is 125 Å². The maximum Gasteiger partial charge on any atom is 0.267 e. The summed E-state index contributed by atoms with van der Waals surface area (Å²) >= 11 is 0. The normalized spacial score (nSPS) is 12.2. The lowest BCUT2D eigenvalue weighted by molar-refractivity contribution is -0.124. The molecule has 1 aliphatic rings. The topological polar surface area (TPSA) is 265 Å². The molecule has 80 heavy (non-hydrogen) atoms. The van der Waals surface area contributed by atoms with Gasteiger partial charge in [0.05, 0.1) is 51.4 Å². The van der Waals surface area contributed by atoms with E-state index in [-0.39, 0.29) is 12.4 Å². The first-order valence-corrected chi connectivity index (χ1v) is 24.9. The number of morpholine rings is 1. The highest BCUT2D eigenvalue weighted by Crippen LogP contribution is 2.21. The van der Waals surface area contributed by atoms with Gasteiger partial charge in [0.1, 0.15) is 17.1 Å². The van der Waals surface area contributed by atoms with Crippen molar-refractivity contribution >= 4 is 48.4 Å². The third kappa shape index (κ3) is 18.3. The average molecular weight is 1100 g/mol. The molecule has 0 spiro atoms. The van der Waals surface area contributed by atoms with Gasteiger partial charge in [-0.3, -0.25) is 39.9 Å². The fraction of sp³-hybridized carbons (Fsp3) is 0.138. The summed E-state index contributed by atoms with van der Waals surface area (Å²) in [6.07, 6.45) is 17.8. The molecule has 1 saturated heterocycles. The molecule has 1 aliphatic heterocycles. The van der Waals surface area contributed by atoms with Crippen LogP contribution in [0, 0.1) is 0 Å². The van der Waals surface area contributed by atoms with E-state index >= 15 is 0 Å². The minimum absolute atomic E-state index is 0. The summed E-state index contributed by atoms with van der Waals surface area (Å²) in [5, 5.41) is 50.7. The second-order valence-corrected chi connectivity index (χ2v) is 17.8. The molecule has 0 radical (unpaired) electrons. The number of carbonyl (C=O) groups excluding carboxylic acids is 3. The van der Waals surface area contributed by atoms with E-state index < -0.39 is 17.7 Å². The first-order valence-electron chi connectivity index (χ1n) is 24.9. The van der Waals surface area contributed by atoms with Crippen molar-refractivity contribution in [3.63, 3.8) is 0 Å². The van der Waals surface area contributed by atoms with E-state index in [0.717, 1.165) is 100 Å². The molecule has 5 heterocycles. The van der Waals surface area contributed by atoms with Crippen LogP contribution in [0.1, 0.15) is 38.9 Å². The fourth-order valence-electron chi connectivity index (χ4n) is 8.02. The molecule has 6 N–H and O–H groups in total. The first-order chi connectivity index (χ1) is 38.7. The Bertz CT molecular complexity index is 3340. The highest BCUT2D eigenvalue weighted by molar-refractivity contribution is 5.92. The van der Waals surface area contributed by atoms with Crippen LogP contribution in [0.25, 0.3) is 52.0 Å². The number of nitrogens with zero attached hydrogens (tertiary/aromatic N) is 11. The van der Waals surface area contributed by atoms with Gasteiger partial charge in [0.25, 0.3) is 17.7 Å². The molecule has 3 amide bonds. The standard InChI is InChI=1S/C23H25N5O3.C18H16N4O2.C17H15N5O2.ClH/c29-23(25-30)9-6-18-2-1-3-20(14-18)16-28-17-22(24-26-28)21-7-4-19(5-8-21)15-27-10-12-31-13-11-27;23-18(20-24)10-9-14-5-4-6-15(11-14)12-22-13-17(19-21-22)16-7-2-1-3-8-16;23-17(20-24)7-6-13-3-1-4-14(9-13)11-22-12-16(19-21-22)15-5-2-8-18-10-15;/h1-9,14,17,30H,10-13,15-16H2,(H,25,29);1-11,13,24H,12H2,(H,20,23);1-10,12,24H,11H2,(H,20,23);1H. The van der Waals surface area contributed by atoms with Crippen LogP contribution in [0.4, 0.5) is 0 Å². The predicted molar refractivity (Wildman–Crippen MR) is 301 cm³/mol. The zero-order valence-corrected chi connectivity index (χ0v) is 43.9. The Labute approximate surface area is 466 Å². The quantitative estimate of drug-likeness (QED) is 0.0299. The van der Waals surface area contributed by atoms with Crippen LogP contribution in [-0.2, 0) is 45.3 Å². The maximum absolute atomic E-state index is 11.1. The molecule has 0 unspecified atom stereocenters. The number of rotatable bonds is 17. The molecule has 21 nitrogen and oxygen atoms in total. The van der Waals surface area contributed by atoms with Gasteiger partial charge in [0.15, 0.2) is 0 Å². The summed E-state index contributed by atoms with van der Waals surface area (Å²) < 4.78 is 10.7. The Morgan fingerprint density at radius 3 is 1.30 bits per heavy atom. The lowest BCUT2D eigenvalue weighted by Crippen LogP contribution is -2.35. The van der Waals surface area contributed by atoms with Crippen LogP contribution in [0.5, 0.6) is 0 Å². The highest BCUT2D eigenvalue weighted by Gasteiger charge is 2.12. The molecule has 10 rings (SSSR count). The number of benzene rings is 5. The van der Waals surface area contributed by atoms with E-state index in [1.54, 1.807) is 61.1 Å². The number of ether oxygens (including phenoxy) is 1. The Kier molecular flexibility index (Phi) is 22.0.